The van der Waals surface area contributed by atoms with Crippen molar-refractivity contribution in [2.45, 2.75) is 6.42 Å². The normalized spacial score (nSPS) is 10.3. The molecule has 0 bridgehead atoms. The van der Waals surface area contributed by atoms with Crippen molar-refractivity contribution in [2.24, 2.45) is 0 Å². The summed E-state index contributed by atoms with van der Waals surface area (Å²) in [6.45, 7) is 1.70. The Morgan fingerprint density at radius 1 is 1.22 bits per heavy atom. The van der Waals surface area contributed by atoms with Crippen LogP contribution in [0.1, 0.15) is 16.1 Å². The van der Waals surface area contributed by atoms with Crippen LogP contribution in [0.3, 0.4) is 0 Å². The molecule has 1 aromatic carbocycles. The minimum atomic E-state index is -0.226. The van der Waals surface area contributed by atoms with E-state index < -0.39 is 0 Å². The number of nitrogens with zero attached hydrogens (tertiary/aromatic N) is 2. The second kappa shape index (κ2) is 9.07. The number of amides is 1. The van der Waals surface area contributed by atoms with Crippen LogP contribution in [-0.2, 0) is 11.2 Å². The van der Waals surface area contributed by atoms with E-state index in [-0.39, 0.29) is 5.91 Å². The number of hydrogen-bond donors (Lipinski definition) is 2. The van der Waals surface area contributed by atoms with E-state index in [1.807, 2.05) is 24.3 Å². The van der Waals surface area contributed by atoms with E-state index in [9.17, 15) is 4.79 Å². The van der Waals surface area contributed by atoms with Crippen LogP contribution in [0, 0.1) is 0 Å². The molecule has 0 aliphatic carbocycles. The van der Waals surface area contributed by atoms with Gasteiger partial charge in [0.15, 0.2) is 0 Å². The lowest BCUT2D eigenvalue weighted by molar-refractivity contribution is 0.0949. The van der Waals surface area contributed by atoms with Gasteiger partial charge in [0, 0.05) is 31.3 Å². The van der Waals surface area contributed by atoms with Gasteiger partial charge in [0.05, 0.1) is 6.61 Å². The van der Waals surface area contributed by atoms with E-state index >= 15 is 0 Å². The van der Waals surface area contributed by atoms with Crippen LogP contribution in [0.4, 0.5) is 5.82 Å². The summed E-state index contributed by atoms with van der Waals surface area (Å²) in [6, 6.07) is 9.17. The standard InChI is InChI=1S/C16H19ClN4O2/c1-23-9-8-18-15-10-14(20-11-21-15)16(22)19-7-6-12-2-4-13(17)5-3-12/h2-5,10-11H,6-9H2,1H3,(H,19,22)(H,18,20,21). The number of rotatable bonds is 8. The first-order valence-corrected chi connectivity index (χ1v) is 7.64. The predicted octanol–water partition coefficient (Wildman–Crippen LogP) is 2.16. The summed E-state index contributed by atoms with van der Waals surface area (Å²) in [4.78, 5) is 20.1. The Morgan fingerprint density at radius 3 is 2.74 bits per heavy atom. The van der Waals surface area contributed by atoms with E-state index in [4.69, 9.17) is 16.3 Å². The molecule has 0 unspecified atom stereocenters. The Morgan fingerprint density at radius 2 is 2.00 bits per heavy atom. The van der Waals surface area contributed by atoms with Crippen LogP contribution in [0.25, 0.3) is 0 Å². The average molecular weight is 335 g/mol. The molecule has 1 amide bonds. The fourth-order valence-corrected chi connectivity index (χ4v) is 2.05. The Bertz CT molecular complexity index is 634. The molecule has 1 aromatic heterocycles. The number of carbonyl (C=O) groups is 1. The quantitative estimate of drug-likeness (QED) is 0.723. The lowest BCUT2D eigenvalue weighted by Gasteiger charge is -2.07. The minimum Gasteiger partial charge on any atom is -0.383 e. The van der Waals surface area contributed by atoms with Gasteiger partial charge in [0.1, 0.15) is 17.8 Å². The molecule has 6 nitrogen and oxygen atoms in total. The van der Waals surface area contributed by atoms with Gasteiger partial charge in [-0.3, -0.25) is 4.79 Å². The highest BCUT2D eigenvalue weighted by atomic mass is 35.5. The molecule has 0 radical (unpaired) electrons. The maximum Gasteiger partial charge on any atom is 0.270 e. The van der Waals surface area contributed by atoms with Crippen molar-refractivity contribution in [1.82, 2.24) is 15.3 Å². The Hall–Kier alpha value is -2.18. The first-order chi connectivity index (χ1) is 11.2. The van der Waals surface area contributed by atoms with Gasteiger partial charge < -0.3 is 15.4 Å². The van der Waals surface area contributed by atoms with Crippen molar-refractivity contribution in [2.75, 3.05) is 32.1 Å². The van der Waals surface area contributed by atoms with Gasteiger partial charge in [-0.15, -0.1) is 0 Å². The SMILES string of the molecule is COCCNc1cc(C(=O)NCCc2ccc(Cl)cc2)ncn1. The van der Waals surface area contributed by atoms with E-state index in [1.54, 1.807) is 13.2 Å². The molecule has 0 fully saturated rings. The first-order valence-electron chi connectivity index (χ1n) is 7.26. The fourth-order valence-electron chi connectivity index (χ4n) is 1.92. The number of nitrogens with one attached hydrogen (secondary N) is 2. The van der Waals surface area contributed by atoms with Crippen LogP contribution in [0.15, 0.2) is 36.7 Å². The number of carbonyl (C=O) groups excluding carboxylic acids is 1. The second-order valence-electron chi connectivity index (χ2n) is 4.84. The second-order valence-corrected chi connectivity index (χ2v) is 5.28. The smallest absolute Gasteiger partial charge is 0.270 e. The fraction of sp³-hybridized carbons (Fsp3) is 0.312. The largest absolute Gasteiger partial charge is 0.383 e. The van der Waals surface area contributed by atoms with Crippen molar-refractivity contribution in [3.63, 3.8) is 0 Å². The van der Waals surface area contributed by atoms with Crippen molar-refractivity contribution in [3.8, 4) is 0 Å². The lowest BCUT2D eigenvalue weighted by Crippen LogP contribution is -2.26. The number of halogens is 1. The van der Waals surface area contributed by atoms with E-state index in [0.717, 1.165) is 12.0 Å². The summed E-state index contributed by atoms with van der Waals surface area (Å²) in [6.07, 6.45) is 2.09. The summed E-state index contributed by atoms with van der Waals surface area (Å²) in [5.41, 5.74) is 1.44. The third kappa shape index (κ3) is 5.84. The molecule has 7 heteroatoms. The maximum atomic E-state index is 12.1. The van der Waals surface area contributed by atoms with E-state index in [1.165, 1.54) is 6.33 Å². The number of benzene rings is 1. The number of ether oxygens (including phenoxy) is 1. The maximum absolute atomic E-state index is 12.1. The van der Waals surface area contributed by atoms with Gasteiger partial charge in [-0.1, -0.05) is 23.7 Å². The van der Waals surface area contributed by atoms with Crippen molar-refractivity contribution < 1.29 is 9.53 Å². The first kappa shape index (κ1) is 17.2. The summed E-state index contributed by atoms with van der Waals surface area (Å²) in [5.74, 6) is 0.371. The lowest BCUT2D eigenvalue weighted by atomic mass is 10.1. The molecule has 0 atom stereocenters. The summed E-state index contributed by atoms with van der Waals surface area (Å²) < 4.78 is 4.95. The molecule has 0 aliphatic rings. The van der Waals surface area contributed by atoms with Gasteiger partial charge in [-0.2, -0.15) is 0 Å². The Balaban J connectivity index is 1.82. The number of aromatic nitrogens is 2. The number of methoxy groups -OCH3 is 1. The zero-order valence-electron chi connectivity index (χ0n) is 12.9. The molecule has 2 N–H and O–H groups in total. The molecule has 0 saturated carbocycles. The van der Waals surface area contributed by atoms with Gasteiger partial charge >= 0.3 is 0 Å². The summed E-state index contributed by atoms with van der Waals surface area (Å²) in [5, 5.41) is 6.60. The third-order valence-electron chi connectivity index (χ3n) is 3.12. The third-order valence-corrected chi connectivity index (χ3v) is 3.38. The topological polar surface area (TPSA) is 76.1 Å². The summed E-state index contributed by atoms with van der Waals surface area (Å²) >= 11 is 5.84. The zero-order chi connectivity index (χ0) is 16.5. The minimum absolute atomic E-state index is 0.226. The molecule has 0 aliphatic heterocycles. The van der Waals surface area contributed by atoms with Gasteiger partial charge in [-0.05, 0) is 24.1 Å². The van der Waals surface area contributed by atoms with Crippen molar-refractivity contribution in [1.29, 1.82) is 0 Å². The van der Waals surface area contributed by atoms with Crippen LogP contribution in [-0.4, -0.2) is 42.7 Å². The molecule has 1 heterocycles. The van der Waals surface area contributed by atoms with Gasteiger partial charge in [0.2, 0.25) is 0 Å². The zero-order valence-corrected chi connectivity index (χ0v) is 13.6. The van der Waals surface area contributed by atoms with E-state index in [2.05, 4.69) is 20.6 Å². The Labute approximate surface area is 140 Å². The highest BCUT2D eigenvalue weighted by molar-refractivity contribution is 6.30. The molecule has 2 aromatic rings. The number of anilines is 1. The molecule has 23 heavy (non-hydrogen) atoms. The molecule has 122 valence electrons. The molecular formula is C16H19ClN4O2. The average Bonchev–Trinajstić information content (AvgIpc) is 2.57. The molecular weight excluding hydrogens is 316 g/mol. The molecule has 0 saturated heterocycles. The van der Waals surface area contributed by atoms with Crippen LogP contribution in [0.2, 0.25) is 5.02 Å². The van der Waals surface area contributed by atoms with Gasteiger partial charge in [0.25, 0.3) is 5.91 Å². The van der Waals surface area contributed by atoms with Crippen LogP contribution in [0.5, 0.6) is 0 Å². The van der Waals surface area contributed by atoms with Crippen LogP contribution < -0.4 is 10.6 Å². The monoisotopic (exact) mass is 334 g/mol. The molecule has 0 spiro atoms. The van der Waals surface area contributed by atoms with Gasteiger partial charge in [-0.25, -0.2) is 9.97 Å². The van der Waals surface area contributed by atoms with Crippen molar-refractivity contribution >= 4 is 23.3 Å². The summed E-state index contributed by atoms with van der Waals surface area (Å²) in [7, 11) is 1.63. The molecule has 2 rings (SSSR count). The Kier molecular flexibility index (Phi) is 6.77. The predicted molar refractivity (Wildman–Crippen MR) is 89.9 cm³/mol. The van der Waals surface area contributed by atoms with Crippen molar-refractivity contribution in [3.05, 3.63) is 52.9 Å². The number of hydrogen-bond acceptors (Lipinski definition) is 5. The highest BCUT2D eigenvalue weighted by Crippen LogP contribution is 2.09. The highest BCUT2D eigenvalue weighted by Gasteiger charge is 2.08. The van der Waals surface area contributed by atoms with E-state index in [0.29, 0.717) is 36.2 Å². The van der Waals surface area contributed by atoms with Crippen LogP contribution >= 0.6 is 11.6 Å².